The summed E-state index contributed by atoms with van der Waals surface area (Å²) < 4.78 is 13.1. The highest BCUT2D eigenvalue weighted by atomic mass is 19.1. The van der Waals surface area contributed by atoms with E-state index in [1.807, 2.05) is 18.2 Å². The van der Waals surface area contributed by atoms with Crippen LogP contribution < -0.4 is 5.32 Å². The summed E-state index contributed by atoms with van der Waals surface area (Å²) in [6.07, 6.45) is 0.386. The second-order valence-corrected chi connectivity index (χ2v) is 5.77. The monoisotopic (exact) mass is 390 g/mol. The number of anilines is 1. The van der Waals surface area contributed by atoms with E-state index in [-0.39, 0.29) is 11.7 Å². The number of halogens is 1. The summed E-state index contributed by atoms with van der Waals surface area (Å²) in [6, 6.07) is 16.1. The first-order valence-electron chi connectivity index (χ1n) is 8.59. The van der Waals surface area contributed by atoms with Crippen LogP contribution in [-0.4, -0.2) is 46.0 Å². The smallest absolute Gasteiger partial charge is 0.414 e. The summed E-state index contributed by atoms with van der Waals surface area (Å²) in [6.45, 7) is 4.45. The molecule has 0 saturated heterocycles. The van der Waals surface area contributed by atoms with Crippen LogP contribution in [-0.2, 0) is 20.9 Å². The van der Waals surface area contributed by atoms with E-state index in [0.717, 1.165) is 13.1 Å². The van der Waals surface area contributed by atoms with Crippen molar-refractivity contribution in [1.29, 1.82) is 0 Å². The van der Waals surface area contributed by atoms with E-state index in [0.29, 0.717) is 18.7 Å². The molecule has 0 aromatic heterocycles. The number of hydrogen-bond donors (Lipinski definition) is 3. The lowest BCUT2D eigenvalue weighted by molar-refractivity contribution is -0.159. The second kappa shape index (κ2) is 12.2. The third-order valence-electron chi connectivity index (χ3n) is 3.64. The first-order valence-corrected chi connectivity index (χ1v) is 8.59. The molecular formula is C20H23FN2O5. The molecule has 0 heterocycles. The maximum atomic E-state index is 13.1. The fraction of sp³-hybridized carbons (Fsp3) is 0.250. The number of carbonyl (C=O) groups excluding carboxylic acids is 1. The molecule has 0 spiro atoms. The van der Waals surface area contributed by atoms with Gasteiger partial charge in [0.1, 0.15) is 5.82 Å². The lowest BCUT2D eigenvalue weighted by Gasteiger charge is -2.20. The second-order valence-electron chi connectivity index (χ2n) is 5.77. The number of carboxylic acids is 2. The van der Waals surface area contributed by atoms with Gasteiger partial charge in [-0.15, -0.1) is 0 Å². The summed E-state index contributed by atoms with van der Waals surface area (Å²) in [5, 5.41) is 17.5. The molecule has 0 atom stereocenters. The topological polar surface area (TPSA) is 107 Å². The maximum Gasteiger partial charge on any atom is 0.414 e. The fourth-order valence-corrected chi connectivity index (χ4v) is 2.24. The largest absolute Gasteiger partial charge is 0.473 e. The number of carbonyl (C=O) groups is 3. The molecule has 0 aliphatic rings. The highest BCUT2D eigenvalue weighted by molar-refractivity contribution is 6.27. The minimum Gasteiger partial charge on any atom is -0.473 e. The molecule has 0 bridgehead atoms. The number of benzene rings is 2. The Morgan fingerprint density at radius 2 is 1.64 bits per heavy atom. The molecule has 0 aliphatic heterocycles. The van der Waals surface area contributed by atoms with Crippen molar-refractivity contribution in [2.75, 3.05) is 18.4 Å². The summed E-state index contributed by atoms with van der Waals surface area (Å²) in [5.74, 6) is -4.10. The zero-order valence-electron chi connectivity index (χ0n) is 15.5. The molecule has 28 heavy (non-hydrogen) atoms. The highest BCUT2D eigenvalue weighted by Gasteiger charge is 2.08. The van der Waals surface area contributed by atoms with Gasteiger partial charge in [0.25, 0.3) is 0 Å². The summed E-state index contributed by atoms with van der Waals surface area (Å²) in [5.41, 5.74) is 1.73. The number of rotatable bonds is 7. The van der Waals surface area contributed by atoms with Crippen molar-refractivity contribution >= 4 is 23.5 Å². The normalized spacial score (nSPS) is 9.96. The number of carboxylic acid groups (broad SMARTS) is 2. The van der Waals surface area contributed by atoms with Gasteiger partial charge in [0.2, 0.25) is 5.91 Å². The Labute approximate surface area is 162 Å². The SMILES string of the molecule is CCN(CCC(=O)Nc1cccc(F)c1)Cc1ccccc1.O=C(O)C(=O)O. The van der Waals surface area contributed by atoms with Crippen molar-refractivity contribution in [3.63, 3.8) is 0 Å². The standard InChI is InChI=1S/C18H21FN2O.C2H2O4/c1-2-21(14-15-7-4-3-5-8-15)12-11-18(22)20-17-10-6-9-16(19)13-17;3-1(4)2(5)6/h3-10,13H,2,11-12,14H2,1H3,(H,20,22);(H,3,4)(H,5,6). The van der Waals surface area contributed by atoms with Gasteiger partial charge in [-0.25, -0.2) is 14.0 Å². The van der Waals surface area contributed by atoms with E-state index in [1.165, 1.54) is 17.7 Å². The number of aliphatic carboxylic acids is 2. The van der Waals surface area contributed by atoms with Crippen molar-refractivity contribution in [3.05, 3.63) is 66.0 Å². The molecule has 0 saturated carbocycles. The van der Waals surface area contributed by atoms with Crippen LogP contribution in [0.4, 0.5) is 10.1 Å². The number of nitrogens with zero attached hydrogens (tertiary/aromatic N) is 1. The van der Waals surface area contributed by atoms with Gasteiger partial charge in [-0.05, 0) is 30.3 Å². The van der Waals surface area contributed by atoms with Crippen LogP contribution in [0.5, 0.6) is 0 Å². The molecule has 0 fully saturated rings. The van der Waals surface area contributed by atoms with Crippen molar-refractivity contribution in [3.8, 4) is 0 Å². The number of nitrogens with one attached hydrogen (secondary N) is 1. The van der Waals surface area contributed by atoms with Crippen LogP contribution in [0.25, 0.3) is 0 Å². The lowest BCUT2D eigenvalue weighted by atomic mass is 10.2. The third-order valence-corrected chi connectivity index (χ3v) is 3.64. The Kier molecular flexibility index (Phi) is 9.91. The molecule has 2 aromatic rings. The van der Waals surface area contributed by atoms with Crippen molar-refractivity contribution in [2.45, 2.75) is 19.9 Å². The van der Waals surface area contributed by atoms with Gasteiger partial charge in [-0.3, -0.25) is 9.69 Å². The molecule has 0 aliphatic carbocycles. The molecule has 3 N–H and O–H groups in total. The molecule has 2 rings (SSSR count). The van der Waals surface area contributed by atoms with E-state index in [1.54, 1.807) is 12.1 Å². The Morgan fingerprint density at radius 3 is 2.18 bits per heavy atom. The minimum atomic E-state index is -1.82. The Morgan fingerprint density at radius 1 is 1.00 bits per heavy atom. The van der Waals surface area contributed by atoms with Gasteiger partial charge >= 0.3 is 11.9 Å². The minimum absolute atomic E-state index is 0.0999. The quantitative estimate of drug-likeness (QED) is 0.628. The predicted molar refractivity (Wildman–Crippen MR) is 102 cm³/mol. The molecule has 8 heteroatoms. The van der Waals surface area contributed by atoms with Gasteiger partial charge in [-0.1, -0.05) is 43.3 Å². The zero-order valence-corrected chi connectivity index (χ0v) is 15.5. The Balaban J connectivity index is 0.000000568. The van der Waals surface area contributed by atoms with E-state index in [4.69, 9.17) is 19.8 Å². The van der Waals surface area contributed by atoms with Crippen molar-refractivity contribution in [1.82, 2.24) is 4.90 Å². The summed E-state index contributed by atoms with van der Waals surface area (Å²) in [7, 11) is 0. The van der Waals surface area contributed by atoms with E-state index in [9.17, 15) is 9.18 Å². The van der Waals surface area contributed by atoms with Gasteiger partial charge in [0.05, 0.1) is 0 Å². The molecular weight excluding hydrogens is 367 g/mol. The number of hydrogen-bond acceptors (Lipinski definition) is 4. The van der Waals surface area contributed by atoms with Gasteiger partial charge in [0, 0.05) is 25.2 Å². The highest BCUT2D eigenvalue weighted by Crippen LogP contribution is 2.10. The van der Waals surface area contributed by atoms with Crippen LogP contribution >= 0.6 is 0 Å². The van der Waals surface area contributed by atoms with Gasteiger partial charge in [0.15, 0.2) is 0 Å². The van der Waals surface area contributed by atoms with Crippen LogP contribution in [0.2, 0.25) is 0 Å². The van der Waals surface area contributed by atoms with Crippen LogP contribution in [0, 0.1) is 5.82 Å². The van der Waals surface area contributed by atoms with E-state index < -0.39 is 11.9 Å². The maximum absolute atomic E-state index is 13.1. The molecule has 150 valence electrons. The average Bonchev–Trinajstić information content (AvgIpc) is 2.66. The van der Waals surface area contributed by atoms with Crippen LogP contribution in [0.15, 0.2) is 54.6 Å². The average molecular weight is 390 g/mol. The molecule has 7 nitrogen and oxygen atoms in total. The fourth-order valence-electron chi connectivity index (χ4n) is 2.24. The van der Waals surface area contributed by atoms with Crippen LogP contribution in [0.3, 0.4) is 0 Å². The molecule has 0 unspecified atom stereocenters. The Bertz CT molecular complexity index is 771. The third kappa shape index (κ3) is 9.44. The van der Waals surface area contributed by atoms with Crippen molar-refractivity contribution < 1.29 is 29.0 Å². The first kappa shape index (κ1) is 22.8. The van der Waals surface area contributed by atoms with Gasteiger partial charge < -0.3 is 15.5 Å². The summed E-state index contributed by atoms with van der Waals surface area (Å²) in [4.78, 5) is 32.3. The molecule has 1 amide bonds. The van der Waals surface area contributed by atoms with E-state index >= 15 is 0 Å². The summed E-state index contributed by atoms with van der Waals surface area (Å²) >= 11 is 0. The zero-order chi connectivity index (χ0) is 20.9. The molecule has 0 radical (unpaired) electrons. The molecule has 2 aromatic carbocycles. The van der Waals surface area contributed by atoms with Crippen LogP contribution in [0.1, 0.15) is 18.9 Å². The van der Waals surface area contributed by atoms with E-state index in [2.05, 4.69) is 29.3 Å². The number of amides is 1. The predicted octanol–water partition coefficient (Wildman–Crippen LogP) is 2.83. The Hall–Kier alpha value is -3.26. The first-order chi connectivity index (χ1) is 13.3. The van der Waals surface area contributed by atoms with Crippen molar-refractivity contribution in [2.24, 2.45) is 0 Å². The van der Waals surface area contributed by atoms with Gasteiger partial charge in [-0.2, -0.15) is 0 Å². The lowest BCUT2D eigenvalue weighted by Crippen LogP contribution is -2.27.